The molecule has 4 heterocycles. The molecule has 2 atom stereocenters. The number of aromatic nitrogens is 2. The predicted octanol–water partition coefficient (Wildman–Crippen LogP) is -0.568. The van der Waals surface area contributed by atoms with Gasteiger partial charge in [-0.15, -0.1) is 14.5 Å². The molecule has 2 unspecified atom stereocenters. The number of hydrogen-bond donors (Lipinski definition) is 2. The Kier molecular flexibility index (Phi) is 3.30. The van der Waals surface area contributed by atoms with E-state index in [9.17, 15) is 13.2 Å². The van der Waals surface area contributed by atoms with E-state index in [1.54, 1.807) is 0 Å². The largest absolute Gasteiger partial charge is 0.423 e. The minimum absolute atomic E-state index is 0.196. The third-order valence-corrected chi connectivity index (χ3v) is 4.72. The maximum atomic E-state index is 12.3. The summed E-state index contributed by atoms with van der Waals surface area (Å²) >= 11 is 0. The number of nitrogens with one attached hydrogen (secondary N) is 1. The summed E-state index contributed by atoms with van der Waals surface area (Å²) in [6.07, 6.45) is 1.05. The van der Waals surface area contributed by atoms with Crippen LogP contribution < -0.4 is 5.32 Å². The lowest BCUT2D eigenvalue weighted by Gasteiger charge is -2.27. The van der Waals surface area contributed by atoms with Gasteiger partial charge in [0.2, 0.25) is 11.8 Å². The Morgan fingerprint density at radius 1 is 1.26 bits per heavy atom. The van der Waals surface area contributed by atoms with Gasteiger partial charge >= 0.3 is 16.4 Å². The summed E-state index contributed by atoms with van der Waals surface area (Å²) in [7, 11) is -4.74. The zero-order valence-corrected chi connectivity index (χ0v) is 12.8. The van der Waals surface area contributed by atoms with Crippen molar-refractivity contribution >= 4 is 16.4 Å². The van der Waals surface area contributed by atoms with Gasteiger partial charge < -0.3 is 14.6 Å². The average Bonchev–Trinajstić information content (AvgIpc) is 2.97. The number of rotatable bonds is 4. The Morgan fingerprint density at radius 3 is 2.65 bits per heavy atom. The van der Waals surface area contributed by atoms with E-state index in [0.29, 0.717) is 29.7 Å². The molecule has 126 valence electrons. The molecular weight excluding hydrogens is 330 g/mol. The molecule has 11 nitrogen and oxygen atoms in total. The van der Waals surface area contributed by atoms with E-state index in [1.165, 1.54) is 4.90 Å². The summed E-state index contributed by atoms with van der Waals surface area (Å²) in [6, 6.07) is -1.48. The highest BCUT2D eigenvalue weighted by molar-refractivity contribution is 7.80. The van der Waals surface area contributed by atoms with Crippen molar-refractivity contribution in [1.82, 2.24) is 25.5 Å². The molecule has 3 aliphatic heterocycles. The van der Waals surface area contributed by atoms with Gasteiger partial charge in [0.15, 0.2) is 0 Å². The van der Waals surface area contributed by atoms with Gasteiger partial charge in [-0.05, 0) is 12.8 Å². The monoisotopic (exact) mass is 345 g/mol. The van der Waals surface area contributed by atoms with Crippen LogP contribution in [0.25, 0.3) is 0 Å². The van der Waals surface area contributed by atoms with Gasteiger partial charge in [-0.1, -0.05) is 0 Å². The number of carbonyl (C=O) groups is 1. The zero-order chi connectivity index (χ0) is 16.2. The fourth-order valence-corrected chi connectivity index (χ4v) is 3.49. The smallest absolute Gasteiger partial charge is 0.418 e. The van der Waals surface area contributed by atoms with Crippen molar-refractivity contribution < 1.29 is 26.5 Å². The van der Waals surface area contributed by atoms with Gasteiger partial charge in [0.05, 0.1) is 12.0 Å². The van der Waals surface area contributed by atoms with Crippen molar-refractivity contribution in [1.29, 1.82) is 0 Å². The second-order valence-corrected chi connectivity index (χ2v) is 6.85. The third kappa shape index (κ3) is 2.56. The molecule has 3 fully saturated rings. The molecule has 2 bridgehead atoms. The first-order chi connectivity index (χ1) is 10.9. The molecule has 0 aromatic carbocycles. The number of hydroxylamine groups is 2. The fourth-order valence-electron chi connectivity index (χ4n) is 3.10. The standard InChI is InChI=1S/C11H15N5O6S/c17-11-15-5-7(16(11)22-23(18,19)20)1-2-8(15)10-14-13-9(21-10)6-3-12-4-6/h6-8,12H,1-5H2,(H,18,19,20). The van der Waals surface area contributed by atoms with Crippen LogP contribution in [0.15, 0.2) is 4.42 Å². The van der Waals surface area contributed by atoms with Gasteiger partial charge in [-0.3, -0.25) is 4.55 Å². The molecule has 2 amide bonds. The summed E-state index contributed by atoms with van der Waals surface area (Å²) in [4.78, 5) is 13.7. The summed E-state index contributed by atoms with van der Waals surface area (Å²) in [5.41, 5.74) is 0. The SMILES string of the molecule is O=C1N2CC(CCC2c2nnc(C3CNC3)o2)N1OS(=O)(=O)O. The van der Waals surface area contributed by atoms with E-state index in [-0.39, 0.29) is 12.5 Å². The maximum absolute atomic E-state index is 12.3. The average molecular weight is 345 g/mol. The van der Waals surface area contributed by atoms with Crippen LogP contribution >= 0.6 is 0 Å². The lowest BCUT2D eigenvalue weighted by molar-refractivity contribution is -0.0317. The van der Waals surface area contributed by atoms with Crippen LogP contribution in [0.3, 0.4) is 0 Å². The van der Waals surface area contributed by atoms with E-state index in [2.05, 4.69) is 19.8 Å². The first kappa shape index (κ1) is 14.8. The molecule has 1 aromatic rings. The van der Waals surface area contributed by atoms with Gasteiger partial charge in [-0.2, -0.15) is 13.5 Å². The van der Waals surface area contributed by atoms with Crippen LogP contribution in [-0.2, 0) is 14.7 Å². The number of fused-ring (bicyclic) bond motifs is 2. The van der Waals surface area contributed by atoms with Gasteiger partial charge in [-0.25, -0.2) is 4.79 Å². The number of amides is 2. The fraction of sp³-hybridized carbons (Fsp3) is 0.727. The number of piperidine rings is 1. The first-order valence-corrected chi connectivity index (χ1v) is 8.60. The topological polar surface area (TPSA) is 138 Å². The minimum atomic E-state index is -4.74. The summed E-state index contributed by atoms with van der Waals surface area (Å²) in [5, 5.41) is 11.9. The number of hydrogen-bond acceptors (Lipinski definition) is 8. The van der Waals surface area contributed by atoms with Crippen LogP contribution in [0.4, 0.5) is 4.79 Å². The van der Waals surface area contributed by atoms with Crippen molar-refractivity contribution in [2.24, 2.45) is 0 Å². The van der Waals surface area contributed by atoms with Crippen LogP contribution in [0.5, 0.6) is 0 Å². The van der Waals surface area contributed by atoms with Gasteiger partial charge in [0, 0.05) is 19.6 Å². The first-order valence-electron chi connectivity index (χ1n) is 7.23. The molecule has 4 rings (SSSR count). The highest BCUT2D eigenvalue weighted by atomic mass is 32.3. The number of nitrogens with zero attached hydrogens (tertiary/aromatic N) is 4. The third-order valence-electron chi connectivity index (χ3n) is 4.37. The van der Waals surface area contributed by atoms with Gasteiger partial charge in [0.25, 0.3) is 0 Å². The second kappa shape index (κ2) is 5.12. The Hall–Kier alpha value is -1.76. The molecule has 12 heteroatoms. The highest BCUT2D eigenvalue weighted by Gasteiger charge is 2.49. The lowest BCUT2D eigenvalue weighted by atomic mass is 10.0. The van der Waals surface area contributed by atoms with Crippen molar-refractivity contribution in [3.8, 4) is 0 Å². The zero-order valence-electron chi connectivity index (χ0n) is 12.0. The Morgan fingerprint density at radius 2 is 2.00 bits per heavy atom. The van der Waals surface area contributed by atoms with Crippen LogP contribution in [0.1, 0.15) is 36.6 Å². The van der Waals surface area contributed by atoms with Crippen molar-refractivity contribution in [3.05, 3.63) is 11.8 Å². The van der Waals surface area contributed by atoms with Crippen molar-refractivity contribution in [3.63, 3.8) is 0 Å². The molecule has 0 spiro atoms. The maximum Gasteiger partial charge on any atom is 0.418 e. The molecule has 0 saturated carbocycles. The van der Waals surface area contributed by atoms with Crippen LogP contribution in [0.2, 0.25) is 0 Å². The molecular formula is C11H15N5O6S. The number of urea groups is 1. The van der Waals surface area contributed by atoms with E-state index in [1.807, 2.05) is 0 Å². The summed E-state index contributed by atoms with van der Waals surface area (Å²) < 4.78 is 40.6. The van der Waals surface area contributed by atoms with Crippen molar-refractivity contribution in [2.45, 2.75) is 30.8 Å². The van der Waals surface area contributed by atoms with E-state index >= 15 is 0 Å². The summed E-state index contributed by atoms with van der Waals surface area (Å²) in [5.74, 6) is 1.08. The Bertz CT molecular complexity index is 731. The normalized spacial score (nSPS) is 28.3. The van der Waals surface area contributed by atoms with Gasteiger partial charge in [0.1, 0.15) is 6.04 Å². The predicted molar refractivity (Wildman–Crippen MR) is 72.2 cm³/mol. The van der Waals surface area contributed by atoms with Crippen LogP contribution in [0, 0.1) is 0 Å². The lowest BCUT2D eigenvalue weighted by Crippen LogP contribution is -2.40. The minimum Gasteiger partial charge on any atom is -0.423 e. The molecule has 3 saturated heterocycles. The molecule has 0 radical (unpaired) electrons. The highest BCUT2D eigenvalue weighted by Crippen LogP contribution is 2.38. The molecule has 2 N–H and O–H groups in total. The molecule has 0 aliphatic carbocycles. The second-order valence-electron chi connectivity index (χ2n) is 5.84. The van der Waals surface area contributed by atoms with Crippen molar-refractivity contribution in [2.75, 3.05) is 19.6 Å². The quantitative estimate of drug-likeness (QED) is 0.687. The molecule has 3 aliphatic rings. The van der Waals surface area contributed by atoms with E-state index in [4.69, 9.17) is 8.97 Å². The Labute approximate surface area is 131 Å². The molecule has 23 heavy (non-hydrogen) atoms. The Balaban J connectivity index is 1.54. The van der Waals surface area contributed by atoms with Crippen LogP contribution in [-0.4, -0.2) is 64.8 Å². The number of carbonyl (C=O) groups excluding carboxylic acids is 1. The summed E-state index contributed by atoms with van der Waals surface area (Å²) in [6.45, 7) is 1.85. The van der Waals surface area contributed by atoms with E-state index < -0.39 is 28.5 Å². The molecule has 1 aromatic heterocycles. The van der Waals surface area contributed by atoms with E-state index in [0.717, 1.165) is 13.1 Å².